The van der Waals surface area contributed by atoms with E-state index in [2.05, 4.69) is 36.1 Å². The maximum atomic E-state index is 12.6. The highest BCUT2D eigenvalue weighted by Crippen LogP contribution is 2.21. The van der Waals surface area contributed by atoms with Crippen LogP contribution in [0.15, 0.2) is 48.5 Å². The number of hydrogen-bond donors (Lipinski definition) is 0. The molecule has 0 N–H and O–H groups in total. The number of benzene rings is 2. The van der Waals surface area contributed by atoms with E-state index in [1.807, 2.05) is 36.1 Å². The van der Waals surface area contributed by atoms with E-state index in [9.17, 15) is 4.79 Å². The molecule has 1 saturated heterocycles. The van der Waals surface area contributed by atoms with E-state index < -0.39 is 0 Å². The van der Waals surface area contributed by atoms with Gasteiger partial charge in [-0.3, -0.25) is 4.79 Å². The molecule has 0 unspecified atom stereocenters. The van der Waals surface area contributed by atoms with Gasteiger partial charge < -0.3 is 14.5 Å². The fourth-order valence-electron chi connectivity index (χ4n) is 3.11. The van der Waals surface area contributed by atoms with Crippen LogP contribution < -0.4 is 9.64 Å². The van der Waals surface area contributed by atoms with Crippen LogP contribution in [-0.2, 0) is 0 Å². The quantitative estimate of drug-likeness (QED) is 0.864. The van der Waals surface area contributed by atoms with E-state index in [4.69, 9.17) is 4.74 Å². The van der Waals surface area contributed by atoms with E-state index in [1.165, 1.54) is 11.3 Å². The minimum atomic E-state index is 0.0995. The van der Waals surface area contributed by atoms with Crippen LogP contribution in [0.4, 0.5) is 5.69 Å². The Labute approximate surface area is 143 Å². The molecule has 1 aliphatic rings. The Morgan fingerprint density at radius 3 is 2.29 bits per heavy atom. The molecule has 0 bridgehead atoms. The van der Waals surface area contributed by atoms with Gasteiger partial charge in [0, 0.05) is 37.4 Å². The third-order valence-corrected chi connectivity index (χ3v) is 4.44. The Bertz CT molecular complexity index is 689. The number of ether oxygens (including phenoxy) is 1. The van der Waals surface area contributed by atoms with Gasteiger partial charge >= 0.3 is 0 Å². The second-order valence-electron chi connectivity index (χ2n) is 6.02. The summed E-state index contributed by atoms with van der Waals surface area (Å²) in [6.07, 6.45) is 0. The number of para-hydroxylation sites is 1. The molecule has 0 radical (unpaired) electrons. The Hall–Kier alpha value is -2.49. The van der Waals surface area contributed by atoms with Gasteiger partial charge in [0.15, 0.2) is 0 Å². The van der Waals surface area contributed by atoms with Gasteiger partial charge in [0.1, 0.15) is 5.75 Å². The fraction of sp³-hybridized carbons (Fsp3) is 0.350. The summed E-state index contributed by atoms with van der Waals surface area (Å²) in [6, 6.07) is 15.8. The van der Waals surface area contributed by atoms with Gasteiger partial charge in [-0.25, -0.2) is 0 Å². The van der Waals surface area contributed by atoms with Crippen molar-refractivity contribution < 1.29 is 9.53 Å². The van der Waals surface area contributed by atoms with Crippen LogP contribution >= 0.6 is 0 Å². The van der Waals surface area contributed by atoms with Crippen LogP contribution in [0.25, 0.3) is 0 Å². The van der Waals surface area contributed by atoms with Crippen molar-refractivity contribution in [1.82, 2.24) is 4.90 Å². The topological polar surface area (TPSA) is 32.8 Å². The van der Waals surface area contributed by atoms with E-state index >= 15 is 0 Å². The zero-order valence-corrected chi connectivity index (χ0v) is 14.4. The Kier molecular flexibility index (Phi) is 5.04. The van der Waals surface area contributed by atoms with Gasteiger partial charge in [0.05, 0.1) is 6.61 Å². The zero-order valence-electron chi connectivity index (χ0n) is 14.4. The minimum Gasteiger partial charge on any atom is -0.494 e. The number of aryl methyl sites for hydroxylation is 1. The van der Waals surface area contributed by atoms with Gasteiger partial charge in [-0.05, 0) is 49.7 Å². The predicted octanol–water partition coefficient (Wildman–Crippen LogP) is 3.36. The van der Waals surface area contributed by atoms with Crippen LogP contribution in [-0.4, -0.2) is 43.6 Å². The number of anilines is 1. The summed E-state index contributed by atoms with van der Waals surface area (Å²) >= 11 is 0. The number of rotatable bonds is 4. The SMILES string of the molecule is CCOc1ccc(C(=O)N2CCN(c3ccccc3C)CC2)cc1. The van der Waals surface area contributed by atoms with Crippen LogP contribution in [0, 0.1) is 6.92 Å². The van der Waals surface area contributed by atoms with E-state index in [-0.39, 0.29) is 5.91 Å². The normalized spacial score (nSPS) is 14.6. The van der Waals surface area contributed by atoms with Crippen molar-refractivity contribution in [3.63, 3.8) is 0 Å². The molecule has 0 saturated carbocycles. The molecule has 126 valence electrons. The number of nitrogens with zero attached hydrogens (tertiary/aromatic N) is 2. The zero-order chi connectivity index (χ0) is 16.9. The number of piperazine rings is 1. The summed E-state index contributed by atoms with van der Waals surface area (Å²) in [7, 11) is 0. The molecule has 2 aromatic carbocycles. The predicted molar refractivity (Wildman–Crippen MR) is 96.9 cm³/mol. The van der Waals surface area contributed by atoms with Crippen molar-refractivity contribution in [2.75, 3.05) is 37.7 Å². The highest BCUT2D eigenvalue weighted by molar-refractivity contribution is 5.94. The third kappa shape index (κ3) is 3.53. The minimum absolute atomic E-state index is 0.0995. The largest absolute Gasteiger partial charge is 0.494 e. The van der Waals surface area contributed by atoms with E-state index in [1.54, 1.807) is 0 Å². The Morgan fingerprint density at radius 1 is 1.00 bits per heavy atom. The van der Waals surface area contributed by atoms with Crippen LogP contribution in [0.2, 0.25) is 0 Å². The third-order valence-electron chi connectivity index (χ3n) is 4.44. The summed E-state index contributed by atoms with van der Waals surface area (Å²) in [4.78, 5) is 16.9. The van der Waals surface area contributed by atoms with E-state index in [0.717, 1.165) is 37.5 Å². The first kappa shape index (κ1) is 16.4. The highest BCUT2D eigenvalue weighted by atomic mass is 16.5. The molecule has 3 rings (SSSR count). The van der Waals surface area contributed by atoms with Crippen molar-refractivity contribution in [2.24, 2.45) is 0 Å². The second kappa shape index (κ2) is 7.39. The molecule has 2 aromatic rings. The van der Waals surface area contributed by atoms with Crippen LogP contribution in [0.1, 0.15) is 22.8 Å². The van der Waals surface area contributed by atoms with Gasteiger partial charge in [-0.1, -0.05) is 18.2 Å². The molecule has 0 spiro atoms. The lowest BCUT2D eigenvalue weighted by Gasteiger charge is -2.36. The van der Waals surface area contributed by atoms with Gasteiger partial charge in [-0.2, -0.15) is 0 Å². The first-order valence-electron chi connectivity index (χ1n) is 8.51. The first-order chi connectivity index (χ1) is 11.7. The number of carbonyl (C=O) groups excluding carboxylic acids is 1. The van der Waals surface area contributed by atoms with Gasteiger partial charge in [0.25, 0.3) is 5.91 Å². The molecule has 1 fully saturated rings. The Balaban J connectivity index is 1.62. The maximum absolute atomic E-state index is 12.6. The fourth-order valence-corrected chi connectivity index (χ4v) is 3.11. The summed E-state index contributed by atoms with van der Waals surface area (Å²) in [5.41, 5.74) is 3.28. The molecule has 1 heterocycles. The molecular weight excluding hydrogens is 300 g/mol. The van der Waals surface area contributed by atoms with Crippen LogP contribution in [0.3, 0.4) is 0 Å². The average Bonchev–Trinajstić information content (AvgIpc) is 2.63. The molecule has 1 amide bonds. The second-order valence-corrected chi connectivity index (χ2v) is 6.02. The molecule has 0 aliphatic carbocycles. The van der Waals surface area contributed by atoms with Crippen molar-refractivity contribution in [2.45, 2.75) is 13.8 Å². The first-order valence-corrected chi connectivity index (χ1v) is 8.51. The summed E-state index contributed by atoms with van der Waals surface area (Å²) in [6.45, 7) is 7.95. The lowest BCUT2D eigenvalue weighted by molar-refractivity contribution is 0.0746. The molecule has 24 heavy (non-hydrogen) atoms. The smallest absolute Gasteiger partial charge is 0.253 e. The van der Waals surface area contributed by atoms with E-state index in [0.29, 0.717) is 6.61 Å². The lowest BCUT2D eigenvalue weighted by atomic mass is 10.1. The average molecular weight is 324 g/mol. The Morgan fingerprint density at radius 2 is 1.67 bits per heavy atom. The molecule has 4 heteroatoms. The van der Waals surface area contributed by atoms with Crippen molar-refractivity contribution in [3.05, 3.63) is 59.7 Å². The van der Waals surface area contributed by atoms with Gasteiger partial charge in [0.2, 0.25) is 0 Å². The van der Waals surface area contributed by atoms with Crippen molar-refractivity contribution in [3.8, 4) is 5.75 Å². The number of carbonyl (C=O) groups is 1. The molecule has 4 nitrogen and oxygen atoms in total. The molecule has 1 aliphatic heterocycles. The van der Waals surface area contributed by atoms with Gasteiger partial charge in [-0.15, -0.1) is 0 Å². The van der Waals surface area contributed by atoms with Crippen molar-refractivity contribution >= 4 is 11.6 Å². The van der Waals surface area contributed by atoms with Crippen LogP contribution in [0.5, 0.6) is 5.75 Å². The maximum Gasteiger partial charge on any atom is 0.253 e. The molecule has 0 aromatic heterocycles. The van der Waals surface area contributed by atoms with Crippen molar-refractivity contribution in [1.29, 1.82) is 0 Å². The number of hydrogen-bond acceptors (Lipinski definition) is 3. The summed E-state index contributed by atoms with van der Waals surface area (Å²) < 4.78 is 5.43. The lowest BCUT2D eigenvalue weighted by Crippen LogP contribution is -2.49. The highest BCUT2D eigenvalue weighted by Gasteiger charge is 2.22. The molecule has 0 atom stereocenters. The summed E-state index contributed by atoms with van der Waals surface area (Å²) in [5, 5.41) is 0. The molecular formula is C20H24N2O2. The standard InChI is InChI=1S/C20H24N2O2/c1-3-24-18-10-8-17(9-11-18)20(23)22-14-12-21(13-15-22)19-7-5-4-6-16(19)2/h4-11H,3,12-15H2,1-2H3. The number of amides is 1. The monoisotopic (exact) mass is 324 g/mol. The summed E-state index contributed by atoms with van der Waals surface area (Å²) in [5.74, 6) is 0.904.